The van der Waals surface area contributed by atoms with E-state index in [4.69, 9.17) is 15.2 Å². The van der Waals surface area contributed by atoms with Crippen molar-refractivity contribution in [1.82, 2.24) is 4.90 Å². The predicted molar refractivity (Wildman–Crippen MR) is 88.8 cm³/mol. The number of nitrogens with two attached hydrogens (primary N) is 1. The minimum atomic E-state index is 0. The predicted octanol–water partition coefficient (Wildman–Crippen LogP) is 2.14. The van der Waals surface area contributed by atoms with Crippen molar-refractivity contribution in [2.75, 3.05) is 26.3 Å². The number of rotatable bonds is 6. The van der Waals surface area contributed by atoms with Crippen molar-refractivity contribution < 1.29 is 14.3 Å². The average Bonchev–Trinajstić information content (AvgIpc) is 2.48. The quantitative estimate of drug-likeness (QED) is 0.869. The Morgan fingerprint density at radius 2 is 1.77 bits per heavy atom. The Balaban J connectivity index is 0.00000242. The van der Waals surface area contributed by atoms with Crippen LogP contribution >= 0.6 is 12.4 Å². The van der Waals surface area contributed by atoms with Crippen LogP contribution in [0.15, 0.2) is 12.1 Å². The Labute approximate surface area is 138 Å². The maximum Gasteiger partial charge on any atom is 0.224 e. The highest BCUT2D eigenvalue weighted by Crippen LogP contribution is 2.33. The van der Waals surface area contributed by atoms with Crippen LogP contribution < -0.4 is 15.2 Å². The van der Waals surface area contributed by atoms with Gasteiger partial charge in [-0.2, -0.15) is 0 Å². The molecule has 1 aromatic rings. The number of ether oxygens (including phenoxy) is 2. The second kappa shape index (κ2) is 8.86. The molecule has 2 rings (SSSR count). The van der Waals surface area contributed by atoms with E-state index in [1.807, 2.05) is 24.8 Å². The van der Waals surface area contributed by atoms with Gasteiger partial charge in [-0.3, -0.25) is 4.79 Å². The molecule has 0 unspecified atom stereocenters. The van der Waals surface area contributed by atoms with Gasteiger partial charge in [-0.05, 0) is 43.5 Å². The van der Waals surface area contributed by atoms with Gasteiger partial charge < -0.3 is 20.1 Å². The highest BCUT2D eigenvalue weighted by molar-refractivity contribution is 5.85. The van der Waals surface area contributed by atoms with Crippen molar-refractivity contribution in [3.63, 3.8) is 0 Å². The third-order valence-electron chi connectivity index (χ3n) is 3.59. The Hall–Kier alpha value is -1.46. The third kappa shape index (κ3) is 4.27. The van der Waals surface area contributed by atoms with E-state index in [2.05, 4.69) is 6.07 Å². The molecule has 0 fully saturated rings. The third-order valence-corrected chi connectivity index (χ3v) is 3.59. The number of hydrogen-bond donors (Lipinski definition) is 1. The first-order valence-corrected chi connectivity index (χ1v) is 7.58. The first kappa shape index (κ1) is 18.6. The van der Waals surface area contributed by atoms with Crippen LogP contribution in [-0.2, 0) is 17.8 Å². The lowest BCUT2D eigenvalue weighted by Crippen LogP contribution is -2.36. The summed E-state index contributed by atoms with van der Waals surface area (Å²) in [6.45, 7) is 6.88. The molecule has 1 aliphatic heterocycles. The number of amides is 1. The molecule has 1 aliphatic rings. The first-order valence-electron chi connectivity index (χ1n) is 7.58. The number of hydrogen-bond acceptors (Lipinski definition) is 4. The van der Waals surface area contributed by atoms with Crippen LogP contribution in [0.3, 0.4) is 0 Å². The monoisotopic (exact) mass is 328 g/mol. The number of fused-ring (bicyclic) bond motifs is 1. The van der Waals surface area contributed by atoms with Crippen LogP contribution in [0.2, 0.25) is 0 Å². The molecule has 5 nitrogen and oxygen atoms in total. The number of nitrogens with zero attached hydrogens (tertiary/aromatic N) is 1. The van der Waals surface area contributed by atoms with Crippen LogP contribution in [0.1, 0.15) is 31.4 Å². The summed E-state index contributed by atoms with van der Waals surface area (Å²) in [7, 11) is 0. The van der Waals surface area contributed by atoms with Crippen molar-refractivity contribution in [2.45, 2.75) is 33.2 Å². The van der Waals surface area contributed by atoms with Gasteiger partial charge in [0.2, 0.25) is 5.91 Å². The Morgan fingerprint density at radius 3 is 2.32 bits per heavy atom. The molecule has 1 amide bonds. The summed E-state index contributed by atoms with van der Waals surface area (Å²) in [5.74, 6) is 1.67. The van der Waals surface area contributed by atoms with Crippen molar-refractivity contribution in [3.05, 3.63) is 23.3 Å². The van der Waals surface area contributed by atoms with E-state index in [0.717, 1.165) is 30.0 Å². The molecule has 0 spiro atoms. The number of carbonyl (C=O) groups is 1. The normalized spacial score (nSPS) is 13.1. The van der Waals surface area contributed by atoms with Gasteiger partial charge in [0.1, 0.15) is 0 Å². The van der Waals surface area contributed by atoms with Crippen LogP contribution in [0.5, 0.6) is 11.5 Å². The molecule has 0 atom stereocenters. The summed E-state index contributed by atoms with van der Waals surface area (Å²) in [6.07, 6.45) is 1.25. The van der Waals surface area contributed by atoms with Gasteiger partial charge in [0.15, 0.2) is 11.5 Å². The highest BCUT2D eigenvalue weighted by Gasteiger charge is 2.22. The Kier molecular flexibility index (Phi) is 7.48. The molecular weight excluding hydrogens is 304 g/mol. The van der Waals surface area contributed by atoms with Gasteiger partial charge in [-0.15, -0.1) is 12.4 Å². The molecule has 0 radical (unpaired) electrons. The summed E-state index contributed by atoms with van der Waals surface area (Å²) >= 11 is 0. The fourth-order valence-corrected chi connectivity index (χ4v) is 2.60. The lowest BCUT2D eigenvalue weighted by atomic mass is 9.98. The summed E-state index contributed by atoms with van der Waals surface area (Å²) in [6, 6.07) is 4.06. The van der Waals surface area contributed by atoms with Crippen molar-refractivity contribution >= 4 is 18.3 Å². The lowest BCUT2D eigenvalue weighted by Gasteiger charge is -2.29. The largest absolute Gasteiger partial charge is 0.490 e. The van der Waals surface area contributed by atoms with Gasteiger partial charge >= 0.3 is 0 Å². The van der Waals surface area contributed by atoms with Gasteiger partial charge in [0.25, 0.3) is 0 Å². The minimum Gasteiger partial charge on any atom is -0.490 e. The summed E-state index contributed by atoms with van der Waals surface area (Å²) in [5.41, 5.74) is 7.84. The van der Waals surface area contributed by atoms with E-state index in [0.29, 0.717) is 32.7 Å². The molecule has 1 aromatic carbocycles. The first-order chi connectivity index (χ1) is 10.2. The molecule has 0 bridgehead atoms. The van der Waals surface area contributed by atoms with E-state index < -0.39 is 0 Å². The zero-order valence-electron chi connectivity index (χ0n) is 13.3. The number of halogens is 1. The van der Waals surface area contributed by atoms with Crippen LogP contribution in [0.25, 0.3) is 0 Å². The van der Waals surface area contributed by atoms with Gasteiger partial charge in [0.05, 0.1) is 13.2 Å². The Bertz CT molecular complexity index is 508. The average molecular weight is 329 g/mol. The van der Waals surface area contributed by atoms with Crippen molar-refractivity contribution in [3.8, 4) is 11.5 Å². The second-order valence-corrected chi connectivity index (χ2v) is 5.04. The molecule has 2 N–H and O–H groups in total. The summed E-state index contributed by atoms with van der Waals surface area (Å²) in [5, 5.41) is 0. The maximum absolute atomic E-state index is 12.0. The number of benzene rings is 1. The smallest absolute Gasteiger partial charge is 0.224 e. The summed E-state index contributed by atoms with van der Waals surface area (Å²) < 4.78 is 11.3. The number of carbonyl (C=O) groups excluding carboxylic acids is 1. The molecule has 1 heterocycles. The van der Waals surface area contributed by atoms with E-state index >= 15 is 0 Å². The highest BCUT2D eigenvalue weighted by atomic mass is 35.5. The van der Waals surface area contributed by atoms with Gasteiger partial charge in [-0.25, -0.2) is 0 Å². The van der Waals surface area contributed by atoms with Gasteiger partial charge in [-0.1, -0.05) is 0 Å². The molecule has 0 aliphatic carbocycles. The van der Waals surface area contributed by atoms with Crippen molar-refractivity contribution in [2.24, 2.45) is 5.73 Å². The standard InChI is InChI=1S/C16H24N2O3.ClH/c1-3-20-14-9-12-6-8-18(16(19)5-7-17)11-13(12)10-15(14)21-4-2;/h9-10H,3-8,11,17H2,1-2H3;1H. The Morgan fingerprint density at radius 1 is 1.18 bits per heavy atom. The van der Waals surface area contributed by atoms with Crippen LogP contribution in [0, 0.1) is 0 Å². The molecule has 6 heteroatoms. The molecule has 0 saturated carbocycles. The zero-order valence-corrected chi connectivity index (χ0v) is 14.1. The second-order valence-electron chi connectivity index (χ2n) is 5.04. The SMILES string of the molecule is CCOc1cc2c(cc1OCC)CN(C(=O)CCN)CC2.Cl. The van der Waals surface area contributed by atoms with E-state index in [9.17, 15) is 4.79 Å². The lowest BCUT2D eigenvalue weighted by molar-refractivity contribution is -0.131. The van der Waals surface area contributed by atoms with E-state index in [-0.39, 0.29) is 18.3 Å². The zero-order chi connectivity index (χ0) is 15.2. The summed E-state index contributed by atoms with van der Waals surface area (Å²) in [4.78, 5) is 13.8. The maximum atomic E-state index is 12.0. The molecule has 0 aromatic heterocycles. The van der Waals surface area contributed by atoms with Crippen molar-refractivity contribution in [1.29, 1.82) is 0 Å². The van der Waals surface area contributed by atoms with Crippen LogP contribution in [-0.4, -0.2) is 37.1 Å². The molecule has 0 saturated heterocycles. The van der Waals surface area contributed by atoms with Gasteiger partial charge in [0, 0.05) is 26.1 Å². The fraction of sp³-hybridized carbons (Fsp3) is 0.562. The topological polar surface area (TPSA) is 64.8 Å². The minimum absolute atomic E-state index is 0. The fourth-order valence-electron chi connectivity index (χ4n) is 2.60. The van der Waals surface area contributed by atoms with E-state index in [1.54, 1.807) is 0 Å². The molecule has 124 valence electrons. The molecular formula is C16H25ClN2O3. The van der Waals surface area contributed by atoms with E-state index in [1.165, 1.54) is 5.56 Å². The van der Waals surface area contributed by atoms with Crippen LogP contribution in [0.4, 0.5) is 0 Å². The molecule has 22 heavy (non-hydrogen) atoms.